The van der Waals surface area contributed by atoms with Crippen LogP contribution in [0.1, 0.15) is 45.5 Å². The van der Waals surface area contributed by atoms with Crippen molar-refractivity contribution >= 4 is 51.7 Å². The van der Waals surface area contributed by atoms with E-state index in [4.69, 9.17) is 10.8 Å². The molecule has 0 unspecified atom stereocenters. The Labute approximate surface area is 185 Å². The number of aliphatic imine (C=N–C) groups is 1. The molecular weight excluding hydrogens is 503 g/mol. The molecule has 2 aromatic rings. The van der Waals surface area contributed by atoms with Crippen molar-refractivity contribution in [2.45, 2.75) is 19.3 Å². The molecule has 1 fully saturated rings. The minimum absolute atomic E-state index is 0.0577. The molecule has 1 aliphatic heterocycles. The highest BCUT2D eigenvalue weighted by Gasteiger charge is 2.23. The van der Waals surface area contributed by atoms with Crippen molar-refractivity contribution in [1.29, 1.82) is 0 Å². The number of benzene rings is 2. The van der Waals surface area contributed by atoms with E-state index < -0.39 is 16.8 Å². The van der Waals surface area contributed by atoms with Crippen LogP contribution in [0.25, 0.3) is 0 Å². The summed E-state index contributed by atoms with van der Waals surface area (Å²) in [5.41, 5.74) is 6.82. The molecule has 1 saturated heterocycles. The number of hydrogen-bond donors (Lipinski definition) is 2. The number of carbonyl (C=O) groups is 2. The van der Waals surface area contributed by atoms with E-state index in [-0.39, 0.29) is 22.6 Å². The molecule has 0 aromatic heterocycles. The van der Waals surface area contributed by atoms with Crippen molar-refractivity contribution in [3.8, 4) is 0 Å². The molecule has 0 radical (unpaired) electrons. The Hall–Kier alpha value is -3.02. The number of nitro benzene ring substituents is 1. The van der Waals surface area contributed by atoms with Crippen molar-refractivity contribution in [2.75, 3.05) is 18.0 Å². The van der Waals surface area contributed by atoms with Crippen LogP contribution in [0.3, 0.4) is 0 Å². The summed E-state index contributed by atoms with van der Waals surface area (Å²) in [5.74, 6) is -1.88. The third kappa shape index (κ3) is 4.75. The second-order valence-corrected chi connectivity index (χ2v) is 7.97. The molecule has 0 aliphatic carbocycles. The van der Waals surface area contributed by atoms with Gasteiger partial charge in [-0.15, -0.1) is 0 Å². The number of carboxylic acids is 1. The second kappa shape index (κ2) is 9.20. The quantitative estimate of drug-likeness (QED) is 0.202. The average molecular weight is 522 g/mol. The fraction of sp³-hybridized carbons (Fsp3) is 0.250. The van der Waals surface area contributed by atoms with Gasteiger partial charge in [-0.1, -0.05) is 6.07 Å². The number of amidine groups is 1. The van der Waals surface area contributed by atoms with Gasteiger partial charge < -0.3 is 15.7 Å². The van der Waals surface area contributed by atoms with E-state index in [2.05, 4.69) is 4.99 Å². The Morgan fingerprint density at radius 2 is 1.77 bits per heavy atom. The SMILES string of the molecule is NC(=NC(=O)c1ccc(N2CCCCC2)c([N+](=O)[O-])c1)c1ccc(C(=O)O)c(I)c1. The van der Waals surface area contributed by atoms with Crippen LogP contribution in [0.4, 0.5) is 11.4 Å². The van der Waals surface area contributed by atoms with E-state index in [0.29, 0.717) is 14.8 Å². The zero-order valence-corrected chi connectivity index (χ0v) is 18.0. The summed E-state index contributed by atoms with van der Waals surface area (Å²) < 4.78 is 0.449. The van der Waals surface area contributed by atoms with Crippen LogP contribution in [-0.4, -0.2) is 40.8 Å². The highest BCUT2D eigenvalue weighted by atomic mass is 127. The zero-order chi connectivity index (χ0) is 21.8. The molecule has 0 atom stereocenters. The van der Waals surface area contributed by atoms with Crippen LogP contribution < -0.4 is 10.6 Å². The number of piperidine rings is 1. The smallest absolute Gasteiger partial charge is 0.336 e. The number of halogens is 1. The number of carbonyl (C=O) groups excluding carboxylic acids is 1. The molecule has 9 nitrogen and oxygen atoms in total. The van der Waals surface area contributed by atoms with E-state index in [0.717, 1.165) is 32.4 Å². The fourth-order valence-corrected chi connectivity index (χ4v) is 4.04. The Kier molecular flexibility index (Phi) is 6.65. The van der Waals surface area contributed by atoms with Crippen molar-refractivity contribution in [2.24, 2.45) is 10.7 Å². The number of carboxylic acid groups (broad SMARTS) is 1. The molecule has 0 spiro atoms. The van der Waals surface area contributed by atoms with Gasteiger partial charge in [-0.05, 0) is 66.1 Å². The zero-order valence-electron chi connectivity index (χ0n) is 15.9. The molecule has 30 heavy (non-hydrogen) atoms. The maximum atomic E-state index is 12.6. The van der Waals surface area contributed by atoms with E-state index in [1.165, 1.54) is 30.3 Å². The van der Waals surface area contributed by atoms with Gasteiger partial charge in [0.15, 0.2) is 0 Å². The standard InChI is InChI=1S/C20H19IN4O5/c21-15-10-12(4-6-14(15)20(27)28)18(22)23-19(26)13-5-7-16(17(11-13)25(29)30)24-8-2-1-3-9-24/h4-7,10-11H,1-3,8-9H2,(H,27,28)(H2,22,23,26). The Morgan fingerprint density at radius 3 is 2.37 bits per heavy atom. The number of rotatable bonds is 5. The van der Waals surface area contributed by atoms with Crippen LogP contribution in [0.2, 0.25) is 0 Å². The molecule has 1 heterocycles. The molecule has 3 rings (SSSR count). The normalized spacial score (nSPS) is 14.4. The predicted octanol–water partition coefficient (Wildman–Crippen LogP) is 3.43. The largest absolute Gasteiger partial charge is 0.478 e. The molecule has 1 amide bonds. The van der Waals surface area contributed by atoms with E-state index in [1.807, 2.05) is 27.5 Å². The lowest BCUT2D eigenvalue weighted by atomic mass is 10.1. The van der Waals surface area contributed by atoms with Gasteiger partial charge in [-0.2, -0.15) is 4.99 Å². The van der Waals surface area contributed by atoms with Crippen molar-refractivity contribution in [3.63, 3.8) is 0 Å². The van der Waals surface area contributed by atoms with Gasteiger partial charge in [0.2, 0.25) is 0 Å². The third-order valence-electron chi connectivity index (χ3n) is 4.83. The number of amides is 1. The lowest BCUT2D eigenvalue weighted by Gasteiger charge is -2.28. The number of nitrogens with two attached hydrogens (primary N) is 1. The summed E-state index contributed by atoms with van der Waals surface area (Å²) in [4.78, 5) is 40.5. The van der Waals surface area contributed by atoms with Gasteiger partial charge in [0.1, 0.15) is 11.5 Å². The van der Waals surface area contributed by atoms with Crippen LogP contribution in [0.15, 0.2) is 41.4 Å². The highest BCUT2D eigenvalue weighted by molar-refractivity contribution is 14.1. The number of nitrogens with zero attached hydrogens (tertiary/aromatic N) is 3. The third-order valence-corrected chi connectivity index (χ3v) is 5.73. The van der Waals surface area contributed by atoms with Crippen molar-refractivity contribution < 1.29 is 19.6 Å². The average Bonchev–Trinajstić information content (AvgIpc) is 2.73. The predicted molar refractivity (Wildman–Crippen MR) is 120 cm³/mol. The van der Waals surface area contributed by atoms with E-state index in [1.54, 1.807) is 6.07 Å². The van der Waals surface area contributed by atoms with Gasteiger partial charge in [-0.3, -0.25) is 14.9 Å². The molecule has 156 valence electrons. The maximum Gasteiger partial charge on any atom is 0.336 e. The van der Waals surface area contributed by atoms with Crippen LogP contribution >= 0.6 is 22.6 Å². The minimum Gasteiger partial charge on any atom is -0.478 e. The molecule has 0 saturated carbocycles. The Morgan fingerprint density at radius 1 is 1.10 bits per heavy atom. The lowest BCUT2D eigenvalue weighted by Crippen LogP contribution is -2.30. The lowest BCUT2D eigenvalue weighted by molar-refractivity contribution is -0.384. The summed E-state index contributed by atoms with van der Waals surface area (Å²) in [6.45, 7) is 1.48. The molecule has 0 bridgehead atoms. The molecule has 1 aliphatic rings. The molecule has 10 heteroatoms. The number of aromatic carboxylic acids is 1. The Balaban J connectivity index is 1.89. The number of anilines is 1. The second-order valence-electron chi connectivity index (χ2n) is 6.81. The number of nitro groups is 1. The summed E-state index contributed by atoms with van der Waals surface area (Å²) in [7, 11) is 0. The first-order valence-electron chi connectivity index (χ1n) is 9.23. The van der Waals surface area contributed by atoms with Crippen molar-refractivity contribution in [1.82, 2.24) is 0 Å². The van der Waals surface area contributed by atoms with Crippen molar-refractivity contribution in [3.05, 3.63) is 66.8 Å². The van der Waals surface area contributed by atoms with Gasteiger partial charge in [0.05, 0.1) is 10.5 Å². The summed E-state index contributed by atoms with van der Waals surface area (Å²) in [5, 5.41) is 20.7. The monoisotopic (exact) mass is 522 g/mol. The van der Waals surface area contributed by atoms with E-state index >= 15 is 0 Å². The first-order chi connectivity index (χ1) is 14.3. The first-order valence-corrected chi connectivity index (χ1v) is 10.3. The summed E-state index contributed by atoms with van der Waals surface area (Å²) in [6, 6.07) is 8.66. The molecule has 2 aromatic carbocycles. The number of hydrogen-bond acceptors (Lipinski definition) is 5. The minimum atomic E-state index is -1.07. The molecule has 3 N–H and O–H groups in total. The fourth-order valence-electron chi connectivity index (χ4n) is 3.29. The van der Waals surface area contributed by atoms with Gasteiger partial charge in [-0.25, -0.2) is 4.79 Å². The maximum absolute atomic E-state index is 12.6. The van der Waals surface area contributed by atoms with E-state index in [9.17, 15) is 19.7 Å². The first kappa shape index (κ1) is 21.7. The Bertz CT molecular complexity index is 1050. The highest BCUT2D eigenvalue weighted by Crippen LogP contribution is 2.31. The van der Waals surface area contributed by atoms with Gasteiger partial charge in [0.25, 0.3) is 11.6 Å². The summed E-state index contributed by atoms with van der Waals surface area (Å²) in [6.07, 6.45) is 3.04. The summed E-state index contributed by atoms with van der Waals surface area (Å²) >= 11 is 1.86. The van der Waals surface area contributed by atoms with Crippen LogP contribution in [-0.2, 0) is 0 Å². The van der Waals surface area contributed by atoms with Crippen LogP contribution in [0, 0.1) is 13.7 Å². The molecular formula is C20H19IN4O5. The van der Waals surface area contributed by atoms with Crippen LogP contribution in [0.5, 0.6) is 0 Å². The van der Waals surface area contributed by atoms with Gasteiger partial charge in [0, 0.05) is 33.9 Å². The van der Waals surface area contributed by atoms with Gasteiger partial charge >= 0.3 is 5.97 Å². The topological polar surface area (TPSA) is 139 Å².